The minimum absolute atomic E-state index is 0.0433. The van der Waals surface area contributed by atoms with Gasteiger partial charge in [-0.1, -0.05) is 35.6 Å². The Hall–Kier alpha value is -5.11. The van der Waals surface area contributed by atoms with Crippen LogP contribution in [-0.2, 0) is 15.9 Å². The summed E-state index contributed by atoms with van der Waals surface area (Å²) in [7, 11) is -1.43. The molecule has 14 nitrogen and oxygen atoms in total. The van der Waals surface area contributed by atoms with E-state index in [2.05, 4.69) is 41.5 Å². The number of hydrazine groups is 4. The number of ether oxygens (including phenoxy) is 3. The molecule has 1 aliphatic heterocycles. The molecule has 49 heavy (non-hydrogen) atoms. The van der Waals surface area contributed by atoms with Gasteiger partial charge in [0, 0.05) is 42.2 Å². The number of sulfonamides is 1. The summed E-state index contributed by atoms with van der Waals surface area (Å²) in [6, 6.07) is 13.7. The number of benzene rings is 3. The highest BCUT2D eigenvalue weighted by Crippen LogP contribution is 2.38. The highest BCUT2D eigenvalue weighted by atomic mass is 32.2. The van der Waals surface area contributed by atoms with Crippen LogP contribution in [0.25, 0.3) is 22.0 Å². The van der Waals surface area contributed by atoms with Gasteiger partial charge in [-0.3, -0.25) is 10.4 Å². The molecule has 18 heteroatoms. The second-order valence-corrected chi connectivity index (χ2v) is 12.8. The number of methoxy groups -OCH3 is 2. The van der Waals surface area contributed by atoms with Crippen LogP contribution in [0.2, 0.25) is 0 Å². The van der Waals surface area contributed by atoms with E-state index in [-0.39, 0.29) is 45.2 Å². The summed E-state index contributed by atoms with van der Waals surface area (Å²) in [5.74, 6) is -4.34. The normalized spacial score (nSPS) is 18.1. The number of nitrogens with one attached hydrogen (secondary N) is 5. The second kappa shape index (κ2) is 12.7. The predicted molar refractivity (Wildman–Crippen MR) is 169 cm³/mol. The maximum Gasteiger partial charge on any atom is 0.319 e. The molecular weight excluding hydrogens is 667 g/mol. The first kappa shape index (κ1) is 32.4. The van der Waals surface area contributed by atoms with E-state index in [9.17, 15) is 17.2 Å². The molecule has 1 unspecified atom stereocenters. The monoisotopic (exact) mass is 695 g/mol. The number of rotatable bonds is 11. The minimum Gasteiger partial charge on any atom is -0.480 e. The highest BCUT2D eigenvalue weighted by molar-refractivity contribution is 7.89. The van der Waals surface area contributed by atoms with E-state index >= 15 is 4.39 Å². The van der Waals surface area contributed by atoms with Crippen LogP contribution in [0.1, 0.15) is 18.4 Å². The van der Waals surface area contributed by atoms with Crippen LogP contribution >= 0.6 is 0 Å². The molecule has 3 heterocycles. The summed E-state index contributed by atoms with van der Waals surface area (Å²) in [6.45, 7) is 0. The van der Waals surface area contributed by atoms with Crippen LogP contribution in [0, 0.1) is 17.5 Å². The number of fused-ring (bicyclic) bond motifs is 1. The molecule has 5 N–H and O–H groups in total. The van der Waals surface area contributed by atoms with Crippen molar-refractivity contribution in [2.45, 2.75) is 29.6 Å². The van der Waals surface area contributed by atoms with Crippen molar-refractivity contribution < 1.29 is 35.8 Å². The number of halogens is 3. The quantitative estimate of drug-likeness (QED) is 0.136. The number of hydrogen-bond acceptors (Lipinski definition) is 13. The fraction of sp³-hybridized carbons (Fsp3) is 0.194. The van der Waals surface area contributed by atoms with Gasteiger partial charge < -0.3 is 14.2 Å². The molecule has 1 saturated heterocycles. The van der Waals surface area contributed by atoms with Crippen LogP contribution < -0.4 is 40.7 Å². The zero-order chi connectivity index (χ0) is 34.3. The summed E-state index contributed by atoms with van der Waals surface area (Å²) in [4.78, 5) is 12.2. The third-order valence-corrected chi connectivity index (χ3v) is 9.15. The Balaban J connectivity index is 1.31. The van der Waals surface area contributed by atoms with E-state index in [1.54, 1.807) is 30.3 Å². The van der Waals surface area contributed by atoms with Crippen molar-refractivity contribution in [3.8, 4) is 28.8 Å². The number of nitrogens with zero attached hydrogens (tertiary/aromatic N) is 4. The fourth-order valence-electron chi connectivity index (χ4n) is 5.21. The van der Waals surface area contributed by atoms with Gasteiger partial charge in [-0.15, -0.1) is 0 Å². The minimum atomic E-state index is -4.21. The number of anilines is 1. The van der Waals surface area contributed by atoms with E-state index in [0.717, 1.165) is 23.6 Å². The molecule has 3 aromatic carbocycles. The third kappa shape index (κ3) is 6.52. The fourth-order valence-corrected chi connectivity index (χ4v) is 6.62. The Kier molecular flexibility index (Phi) is 8.43. The van der Waals surface area contributed by atoms with Crippen LogP contribution in [0.3, 0.4) is 0 Å². The Labute approximate surface area is 277 Å². The molecule has 2 aromatic heterocycles. The number of pyridine rings is 1. The van der Waals surface area contributed by atoms with Gasteiger partial charge in [-0.2, -0.15) is 21.4 Å². The summed E-state index contributed by atoms with van der Waals surface area (Å²) in [5, 5.41) is 0.908. The molecule has 0 amide bonds. The van der Waals surface area contributed by atoms with Gasteiger partial charge in [-0.05, 0) is 30.5 Å². The molecule has 1 aliphatic carbocycles. The van der Waals surface area contributed by atoms with E-state index < -0.39 is 33.3 Å². The standard InChI is InChI=1S/C31H28F3N9O5S/c1-46-29-23(15-36-30(37-29)47-2)17-10-24(34)27-25(11-17)35-16-26(49(44,45)39-21-8-9-21)28(27)38-43-41-31(40-42-43,18-6-4-3-5-7-18)48-22-13-19(32)12-20(33)14-22/h3-7,10-16,21,39-42H,8-9H2,1-2H3,(H,35,38). The molecule has 1 saturated carbocycles. The lowest BCUT2D eigenvalue weighted by Crippen LogP contribution is -2.54. The van der Waals surface area contributed by atoms with E-state index in [4.69, 9.17) is 14.2 Å². The zero-order valence-corrected chi connectivity index (χ0v) is 26.6. The average Bonchev–Trinajstić information content (AvgIpc) is 3.80. The summed E-state index contributed by atoms with van der Waals surface area (Å²) >= 11 is 0. The summed E-state index contributed by atoms with van der Waals surface area (Å²) < 4.78 is 90.8. The molecule has 0 radical (unpaired) electrons. The van der Waals surface area contributed by atoms with Gasteiger partial charge >= 0.3 is 6.01 Å². The van der Waals surface area contributed by atoms with Crippen molar-refractivity contribution in [1.29, 1.82) is 0 Å². The number of hydrogen-bond donors (Lipinski definition) is 5. The summed E-state index contributed by atoms with van der Waals surface area (Å²) in [5.41, 5.74) is 12.5. The van der Waals surface area contributed by atoms with Gasteiger partial charge in [-0.25, -0.2) is 31.3 Å². The first-order valence-corrected chi connectivity index (χ1v) is 16.2. The average molecular weight is 696 g/mol. The first-order valence-electron chi connectivity index (χ1n) is 14.8. The molecule has 7 rings (SSSR count). The smallest absolute Gasteiger partial charge is 0.319 e. The van der Waals surface area contributed by atoms with Crippen molar-refractivity contribution in [2.24, 2.45) is 0 Å². The highest BCUT2D eigenvalue weighted by Gasteiger charge is 2.43. The Morgan fingerprint density at radius 3 is 2.41 bits per heavy atom. The Morgan fingerprint density at radius 1 is 0.959 bits per heavy atom. The topological polar surface area (TPSA) is 164 Å². The lowest BCUT2D eigenvalue weighted by molar-refractivity contribution is 0.000308. The van der Waals surface area contributed by atoms with Crippen molar-refractivity contribution >= 4 is 26.6 Å². The van der Waals surface area contributed by atoms with Crippen LogP contribution in [0.5, 0.6) is 17.6 Å². The number of aromatic nitrogens is 3. The molecule has 2 aliphatic rings. The molecular formula is C31H28F3N9O5S. The van der Waals surface area contributed by atoms with Gasteiger partial charge in [0.15, 0.2) is 0 Å². The van der Waals surface area contributed by atoms with Crippen LogP contribution in [0.4, 0.5) is 18.9 Å². The molecule has 0 bridgehead atoms. The zero-order valence-electron chi connectivity index (χ0n) is 25.8. The SMILES string of the molecule is COc1ncc(-c2cc(F)c3c(NN4NNC(Oc5cc(F)cc(F)c5)(c5ccccc5)N4)c(S(=O)(=O)NC4CC4)cnc3c2)c(OC)n1. The van der Waals surface area contributed by atoms with E-state index in [1.165, 1.54) is 32.5 Å². The van der Waals surface area contributed by atoms with E-state index in [1.807, 2.05) is 0 Å². The molecule has 5 aromatic rings. The largest absolute Gasteiger partial charge is 0.480 e. The van der Waals surface area contributed by atoms with Gasteiger partial charge in [0.25, 0.3) is 5.85 Å². The lowest BCUT2D eigenvalue weighted by atomic mass is 10.0. The first-order chi connectivity index (χ1) is 23.6. The molecule has 254 valence electrons. The van der Waals surface area contributed by atoms with Gasteiger partial charge in [0.05, 0.1) is 36.4 Å². The van der Waals surface area contributed by atoms with Crippen molar-refractivity contribution in [3.05, 3.63) is 96.1 Å². The Morgan fingerprint density at radius 2 is 1.71 bits per heavy atom. The van der Waals surface area contributed by atoms with Crippen molar-refractivity contribution in [3.63, 3.8) is 0 Å². The molecule has 0 spiro atoms. The van der Waals surface area contributed by atoms with Gasteiger partial charge in [0.1, 0.15) is 28.1 Å². The Bertz CT molecular complexity index is 2140. The maximum atomic E-state index is 16.3. The van der Waals surface area contributed by atoms with Crippen LogP contribution in [0.15, 0.2) is 78.0 Å². The second-order valence-electron chi connectivity index (χ2n) is 11.1. The summed E-state index contributed by atoms with van der Waals surface area (Å²) in [6.07, 6.45) is 3.83. The van der Waals surface area contributed by atoms with Gasteiger partial charge in [0.2, 0.25) is 15.9 Å². The van der Waals surface area contributed by atoms with Crippen LogP contribution in [-0.4, -0.2) is 48.9 Å². The molecule has 1 atom stereocenters. The third-order valence-electron chi connectivity index (χ3n) is 7.62. The van der Waals surface area contributed by atoms with E-state index in [0.29, 0.717) is 35.6 Å². The predicted octanol–water partition coefficient (Wildman–Crippen LogP) is 3.61. The van der Waals surface area contributed by atoms with Crippen molar-refractivity contribution in [1.82, 2.24) is 41.3 Å². The van der Waals surface area contributed by atoms with Crippen molar-refractivity contribution in [2.75, 3.05) is 19.6 Å². The lowest BCUT2D eigenvalue weighted by Gasteiger charge is -2.30. The maximum absolute atomic E-state index is 16.3. The molecule has 2 fully saturated rings.